The van der Waals surface area contributed by atoms with Gasteiger partial charge in [-0.15, -0.1) is 0 Å². The van der Waals surface area contributed by atoms with Gasteiger partial charge in [0.15, 0.2) is 12.2 Å². The lowest BCUT2D eigenvalue weighted by Crippen LogP contribution is -2.30. The van der Waals surface area contributed by atoms with E-state index in [-0.39, 0.29) is 25.7 Å². The van der Waals surface area contributed by atoms with Gasteiger partial charge in [0.25, 0.3) is 0 Å². The molecule has 0 aromatic heterocycles. The number of rotatable bonds is 72. The van der Waals surface area contributed by atoms with E-state index in [1.54, 1.807) is 0 Å². The largest absolute Gasteiger partial charge is 0.472 e. The maximum absolute atomic E-state index is 13.1. The van der Waals surface area contributed by atoms with Crippen molar-refractivity contribution in [3.8, 4) is 0 Å². The van der Waals surface area contributed by atoms with Crippen LogP contribution >= 0.6 is 15.6 Å². The maximum Gasteiger partial charge on any atom is 0.472 e. The minimum atomic E-state index is -4.97. The number of aliphatic hydroxyl groups is 1. The summed E-state index contributed by atoms with van der Waals surface area (Å²) in [5, 5.41) is 10.6. The molecule has 19 heteroatoms. The summed E-state index contributed by atoms with van der Waals surface area (Å²) in [5.41, 5.74) is 0. The average Bonchev–Trinajstić information content (AvgIpc) is 1.59. The van der Waals surface area contributed by atoms with Gasteiger partial charge in [-0.3, -0.25) is 37.3 Å². The Bertz CT molecular complexity index is 1950. The third-order valence-electron chi connectivity index (χ3n) is 17.0. The van der Waals surface area contributed by atoms with Crippen molar-refractivity contribution in [1.29, 1.82) is 0 Å². The van der Waals surface area contributed by atoms with Crippen molar-refractivity contribution in [2.75, 3.05) is 39.6 Å². The third-order valence-corrected chi connectivity index (χ3v) is 18.9. The number of phosphoric ester groups is 2. The van der Waals surface area contributed by atoms with E-state index in [1.807, 2.05) is 0 Å². The zero-order valence-corrected chi connectivity index (χ0v) is 63.4. The van der Waals surface area contributed by atoms with E-state index >= 15 is 0 Å². The fourth-order valence-electron chi connectivity index (χ4n) is 11.1. The van der Waals surface area contributed by atoms with Crippen molar-refractivity contribution in [3.63, 3.8) is 0 Å². The van der Waals surface area contributed by atoms with Crippen LogP contribution in [-0.2, 0) is 65.4 Å². The molecule has 0 aromatic rings. The number of allylic oxidation sites excluding steroid dienone is 4. The lowest BCUT2D eigenvalue weighted by Gasteiger charge is -2.21. The van der Waals surface area contributed by atoms with Crippen molar-refractivity contribution in [1.82, 2.24) is 0 Å². The molecule has 0 bridgehead atoms. The number of hydrogen-bond donors (Lipinski definition) is 3. The predicted octanol–water partition coefficient (Wildman–Crippen LogP) is 21.7. The van der Waals surface area contributed by atoms with E-state index in [0.717, 1.165) is 127 Å². The van der Waals surface area contributed by atoms with Gasteiger partial charge in [0.1, 0.15) is 19.3 Å². The normalized spacial score (nSPS) is 14.2. The molecule has 0 spiro atoms. The van der Waals surface area contributed by atoms with Gasteiger partial charge in [0.2, 0.25) is 0 Å². The first-order valence-corrected chi connectivity index (χ1v) is 41.7. The third kappa shape index (κ3) is 69.8. The van der Waals surface area contributed by atoms with Gasteiger partial charge in [0, 0.05) is 25.7 Å². The van der Waals surface area contributed by atoms with E-state index in [9.17, 15) is 43.2 Å². The topological polar surface area (TPSA) is 237 Å². The van der Waals surface area contributed by atoms with Crippen LogP contribution in [0.4, 0.5) is 0 Å². The van der Waals surface area contributed by atoms with Crippen molar-refractivity contribution in [3.05, 3.63) is 24.3 Å². The van der Waals surface area contributed by atoms with Crippen LogP contribution in [0.5, 0.6) is 0 Å². The number of phosphoric acid groups is 2. The summed E-state index contributed by atoms with van der Waals surface area (Å²) in [7, 11) is -9.92. The van der Waals surface area contributed by atoms with Crippen LogP contribution in [0, 0.1) is 17.8 Å². The second-order valence-electron chi connectivity index (χ2n) is 28.1. The molecular weight excluding hydrogens is 1250 g/mol. The first-order chi connectivity index (χ1) is 45.7. The molecule has 17 nitrogen and oxygen atoms in total. The SMILES string of the molecule is CCCCCC/C=C\C=C/CCCCCCCC(=O)OC[C@H](COP(=O)(O)OC[C@@H](O)COP(=O)(O)OC[C@@H](COC(=O)CCCCCCCCC(C)C)OC(=O)CCCCCCCCCCCCC(C)C)OC(=O)CCCCCCCCCCCCCCCCCC(C)C. The Morgan fingerprint density at radius 3 is 0.853 bits per heavy atom. The predicted molar refractivity (Wildman–Crippen MR) is 386 cm³/mol. The lowest BCUT2D eigenvalue weighted by atomic mass is 10.0. The Labute approximate surface area is 580 Å². The molecule has 560 valence electrons. The molecule has 0 rings (SSSR count). The summed E-state index contributed by atoms with van der Waals surface area (Å²) in [5.74, 6) is 0.0782. The molecule has 0 saturated heterocycles. The van der Waals surface area contributed by atoms with Crippen molar-refractivity contribution >= 4 is 39.5 Å². The molecule has 0 aromatic carbocycles. The minimum absolute atomic E-state index is 0.100. The molecule has 95 heavy (non-hydrogen) atoms. The van der Waals surface area contributed by atoms with E-state index in [0.29, 0.717) is 31.6 Å². The number of esters is 4. The quantitative estimate of drug-likeness (QED) is 0.0169. The molecule has 0 saturated carbocycles. The molecule has 0 fully saturated rings. The number of aliphatic hydroxyl groups excluding tert-OH is 1. The molecule has 3 N–H and O–H groups in total. The summed E-state index contributed by atoms with van der Waals surface area (Å²) in [6.07, 6.45) is 55.1. The van der Waals surface area contributed by atoms with Gasteiger partial charge in [-0.05, 0) is 69.1 Å². The molecule has 0 aliphatic carbocycles. The number of carbonyl (C=O) groups excluding carboxylic acids is 4. The van der Waals surface area contributed by atoms with Crippen molar-refractivity contribution < 1.29 is 80.2 Å². The average molecular weight is 1390 g/mol. The molecule has 0 aliphatic rings. The maximum atomic E-state index is 13.1. The molecule has 0 amide bonds. The van der Waals surface area contributed by atoms with Crippen LogP contribution < -0.4 is 0 Å². The van der Waals surface area contributed by atoms with Gasteiger partial charge in [-0.25, -0.2) is 9.13 Å². The van der Waals surface area contributed by atoms with Gasteiger partial charge < -0.3 is 33.8 Å². The summed E-state index contributed by atoms with van der Waals surface area (Å²) < 4.78 is 68.4. The second kappa shape index (κ2) is 66.1. The van der Waals surface area contributed by atoms with Gasteiger partial charge in [-0.2, -0.15) is 0 Å². The van der Waals surface area contributed by atoms with E-state index in [4.69, 9.17) is 37.0 Å². The Balaban J connectivity index is 5.27. The molecular formula is C76H144O17P2. The highest BCUT2D eigenvalue weighted by Gasteiger charge is 2.30. The van der Waals surface area contributed by atoms with Crippen molar-refractivity contribution in [2.24, 2.45) is 17.8 Å². The molecule has 0 aliphatic heterocycles. The Kier molecular flexibility index (Phi) is 64.4. The Morgan fingerprint density at radius 2 is 0.568 bits per heavy atom. The van der Waals surface area contributed by atoms with Crippen LogP contribution in [0.15, 0.2) is 24.3 Å². The first kappa shape index (κ1) is 92.5. The molecule has 0 radical (unpaired) electrons. The number of ether oxygens (including phenoxy) is 4. The zero-order valence-electron chi connectivity index (χ0n) is 61.6. The molecule has 0 heterocycles. The van der Waals surface area contributed by atoms with E-state index in [2.05, 4.69) is 72.8 Å². The lowest BCUT2D eigenvalue weighted by molar-refractivity contribution is -0.161. The molecule has 5 atom stereocenters. The molecule has 2 unspecified atom stereocenters. The number of hydrogen-bond acceptors (Lipinski definition) is 15. The first-order valence-electron chi connectivity index (χ1n) is 38.7. The van der Waals surface area contributed by atoms with Crippen LogP contribution in [0.3, 0.4) is 0 Å². The standard InChI is InChI=1S/C76H144O17P2/c1-8-9-10-11-12-13-14-15-17-21-24-30-35-43-50-57-73(78)86-63-71(92-75(80)59-52-45-36-31-25-22-19-16-18-20-23-28-33-40-47-54-67(2)3)65-90-94(82,83)88-61-70(77)62-89-95(84,85)91-66-72(64-87-74(79)58-51-44-39-38-42-49-56-69(6)7)93-76(81)60-53-46-37-32-27-26-29-34-41-48-55-68(4)5/h13-15,17,67-72,77H,8-12,16,18-66H2,1-7H3,(H,82,83)(H,84,85)/b14-13-,17-15-/t70-,71-,72-/m1/s1. The Hall–Kier alpha value is -2.46. The fourth-order valence-corrected chi connectivity index (χ4v) is 12.6. The van der Waals surface area contributed by atoms with Gasteiger partial charge in [0.05, 0.1) is 26.4 Å². The van der Waals surface area contributed by atoms with Crippen LogP contribution in [0.25, 0.3) is 0 Å². The summed E-state index contributed by atoms with van der Waals surface area (Å²) in [6.45, 7) is 11.8. The highest BCUT2D eigenvalue weighted by Crippen LogP contribution is 2.45. The van der Waals surface area contributed by atoms with E-state index < -0.39 is 97.5 Å². The summed E-state index contributed by atoms with van der Waals surface area (Å²) >= 11 is 0. The summed E-state index contributed by atoms with van der Waals surface area (Å²) in [6, 6.07) is 0. The zero-order chi connectivity index (χ0) is 70.1. The van der Waals surface area contributed by atoms with Crippen LogP contribution in [0.2, 0.25) is 0 Å². The van der Waals surface area contributed by atoms with E-state index in [1.165, 1.54) is 148 Å². The van der Waals surface area contributed by atoms with Crippen LogP contribution in [-0.4, -0.2) is 96.7 Å². The monoisotopic (exact) mass is 1390 g/mol. The smallest absolute Gasteiger partial charge is 0.462 e. The van der Waals surface area contributed by atoms with Crippen molar-refractivity contribution in [2.45, 2.75) is 381 Å². The number of unbranched alkanes of at least 4 members (excludes halogenated alkanes) is 37. The highest BCUT2D eigenvalue weighted by molar-refractivity contribution is 7.47. The number of carbonyl (C=O) groups is 4. The van der Waals surface area contributed by atoms with Crippen LogP contribution in [0.1, 0.15) is 363 Å². The second-order valence-corrected chi connectivity index (χ2v) is 31.0. The summed E-state index contributed by atoms with van der Waals surface area (Å²) in [4.78, 5) is 72.7. The van der Waals surface area contributed by atoms with Gasteiger partial charge >= 0.3 is 39.5 Å². The minimum Gasteiger partial charge on any atom is -0.462 e. The highest BCUT2D eigenvalue weighted by atomic mass is 31.2. The Morgan fingerprint density at radius 1 is 0.326 bits per heavy atom. The van der Waals surface area contributed by atoms with Gasteiger partial charge in [-0.1, -0.05) is 310 Å². The fraction of sp³-hybridized carbons (Fsp3) is 0.895.